The fourth-order valence-corrected chi connectivity index (χ4v) is 2.11. The first-order valence-electron chi connectivity index (χ1n) is 7.57. The van der Waals surface area contributed by atoms with Crippen LogP contribution in [0.15, 0.2) is 60.4 Å². The second kappa shape index (κ2) is 8.62. The molecule has 0 fully saturated rings. The number of hydrogen-bond donors (Lipinski definition) is 1. The van der Waals surface area contributed by atoms with E-state index in [1.807, 2.05) is 48.5 Å². The summed E-state index contributed by atoms with van der Waals surface area (Å²) < 4.78 is 15.8. The number of benzene rings is 2. The molecule has 5 heteroatoms. The van der Waals surface area contributed by atoms with Crippen LogP contribution in [0, 0.1) is 0 Å². The number of carbonyl (C=O) groups is 1. The zero-order chi connectivity index (χ0) is 17.4. The Balaban J connectivity index is 2.08. The molecule has 0 aliphatic heterocycles. The van der Waals surface area contributed by atoms with Crippen molar-refractivity contribution in [3.05, 3.63) is 65.9 Å². The second-order valence-corrected chi connectivity index (χ2v) is 4.98. The van der Waals surface area contributed by atoms with E-state index in [0.717, 1.165) is 17.6 Å². The van der Waals surface area contributed by atoms with Crippen LogP contribution >= 0.6 is 0 Å². The van der Waals surface area contributed by atoms with E-state index >= 15 is 0 Å². The van der Waals surface area contributed by atoms with Gasteiger partial charge in [-0.25, -0.2) is 4.79 Å². The molecule has 126 valence electrons. The topological polar surface area (TPSA) is 65.0 Å². The molecule has 0 spiro atoms. The van der Waals surface area contributed by atoms with Gasteiger partial charge in [0.05, 0.1) is 25.6 Å². The smallest absolute Gasteiger partial charge is 0.337 e. The van der Waals surface area contributed by atoms with E-state index in [4.69, 9.17) is 14.2 Å². The van der Waals surface area contributed by atoms with Crippen molar-refractivity contribution < 1.29 is 24.1 Å². The van der Waals surface area contributed by atoms with Crippen LogP contribution in [-0.4, -0.2) is 24.8 Å². The Labute approximate surface area is 141 Å². The molecule has 0 atom stereocenters. The van der Waals surface area contributed by atoms with Crippen LogP contribution in [0.25, 0.3) is 0 Å². The maximum atomic E-state index is 11.7. The molecule has 2 aromatic carbocycles. The molecule has 0 aliphatic rings. The quantitative estimate of drug-likeness (QED) is 0.472. The number of rotatable bonds is 7. The fraction of sp³-hybridized carbons (Fsp3) is 0.211. The average Bonchev–Trinajstić information content (AvgIpc) is 2.61. The lowest BCUT2D eigenvalue weighted by Crippen LogP contribution is -2.10. The first-order valence-corrected chi connectivity index (χ1v) is 7.57. The summed E-state index contributed by atoms with van der Waals surface area (Å²) in [5.41, 5.74) is 1.02. The van der Waals surface area contributed by atoms with Crippen molar-refractivity contribution in [2.45, 2.75) is 13.3 Å². The van der Waals surface area contributed by atoms with Gasteiger partial charge in [-0.3, -0.25) is 0 Å². The Bertz CT molecular complexity index is 704. The Morgan fingerprint density at radius 3 is 2.42 bits per heavy atom. The fourth-order valence-electron chi connectivity index (χ4n) is 2.11. The summed E-state index contributed by atoms with van der Waals surface area (Å²) in [6.07, 6.45) is 1.05. The highest BCUT2D eigenvalue weighted by atomic mass is 16.5. The monoisotopic (exact) mass is 328 g/mol. The van der Waals surface area contributed by atoms with E-state index in [1.54, 1.807) is 14.0 Å². The van der Waals surface area contributed by atoms with Crippen LogP contribution < -0.4 is 9.47 Å². The third kappa shape index (κ3) is 4.78. The van der Waals surface area contributed by atoms with Crippen LogP contribution in [0.1, 0.15) is 12.5 Å². The van der Waals surface area contributed by atoms with Gasteiger partial charge >= 0.3 is 5.97 Å². The minimum Gasteiger partial charge on any atom is -0.515 e. The molecule has 0 amide bonds. The van der Waals surface area contributed by atoms with Gasteiger partial charge in [-0.05, 0) is 48.9 Å². The van der Waals surface area contributed by atoms with Crippen molar-refractivity contribution >= 4 is 5.97 Å². The molecule has 24 heavy (non-hydrogen) atoms. The van der Waals surface area contributed by atoms with Crippen molar-refractivity contribution in [1.29, 1.82) is 0 Å². The number of aliphatic hydroxyl groups excluding tert-OH is 1. The summed E-state index contributed by atoms with van der Waals surface area (Å²) >= 11 is 0. The SMILES string of the molecule is CCOC(=O)/C(=C/O)Cc1cccc(Oc2ccc(OC)cc2)c1. The number of ether oxygens (including phenoxy) is 3. The van der Waals surface area contributed by atoms with E-state index in [-0.39, 0.29) is 18.6 Å². The molecule has 0 radical (unpaired) electrons. The summed E-state index contributed by atoms with van der Waals surface area (Å²) in [6, 6.07) is 14.6. The van der Waals surface area contributed by atoms with Crippen molar-refractivity contribution in [3.63, 3.8) is 0 Å². The van der Waals surface area contributed by atoms with E-state index in [0.29, 0.717) is 11.5 Å². The van der Waals surface area contributed by atoms with Gasteiger partial charge in [-0.15, -0.1) is 0 Å². The first kappa shape index (κ1) is 17.4. The lowest BCUT2D eigenvalue weighted by molar-refractivity contribution is -0.138. The third-order valence-electron chi connectivity index (χ3n) is 3.28. The second-order valence-electron chi connectivity index (χ2n) is 4.98. The van der Waals surface area contributed by atoms with E-state index < -0.39 is 5.97 Å². The highest BCUT2D eigenvalue weighted by molar-refractivity contribution is 5.88. The summed E-state index contributed by atoms with van der Waals surface area (Å²) in [5, 5.41) is 9.23. The van der Waals surface area contributed by atoms with E-state index in [2.05, 4.69) is 0 Å². The highest BCUT2D eigenvalue weighted by Crippen LogP contribution is 2.25. The predicted octanol–water partition coefficient (Wildman–Crippen LogP) is 4.04. The maximum Gasteiger partial charge on any atom is 0.337 e. The minimum absolute atomic E-state index is 0.193. The summed E-state index contributed by atoms with van der Waals surface area (Å²) in [4.78, 5) is 11.7. The van der Waals surface area contributed by atoms with Gasteiger partial charge in [0.1, 0.15) is 17.2 Å². The van der Waals surface area contributed by atoms with Crippen LogP contribution in [0.5, 0.6) is 17.2 Å². The zero-order valence-corrected chi connectivity index (χ0v) is 13.7. The minimum atomic E-state index is -0.526. The molecule has 0 saturated heterocycles. The maximum absolute atomic E-state index is 11.7. The van der Waals surface area contributed by atoms with E-state index in [9.17, 15) is 9.90 Å². The molecule has 0 heterocycles. The molecule has 2 aromatic rings. The lowest BCUT2D eigenvalue weighted by Gasteiger charge is -2.09. The molecular formula is C19H20O5. The number of methoxy groups -OCH3 is 1. The first-order chi connectivity index (χ1) is 11.7. The van der Waals surface area contributed by atoms with Gasteiger partial charge in [0, 0.05) is 6.42 Å². The number of carbonyl (C=O) groups excluding carboxylic acids is 1. The van der Waals surface area contributed by atoms with Crippen molar-refractivity contribution in [2.24, 2.45) is 0 Å². The summed E-state index contributed by atoms with van der Waals surface area (Å²) in [6.45, 7) is 1.98. The molecular weight excluding hydrogens is 308 g/mol. The van der Waals surface area contributed by atoms with Crippen LogP contribution in [0.3, 0.4) is 0 Å². The largest absolute Gasteiger partial charge is 0.515 e. The van der Waals surface area contributed by atoms with Crippen molar-refractivity contribution in [2.75, 3.05) is 13.7 Å². The van der Waals surface area contributed by atoms with Gasteiger partial charge in [0.15, 0.2) is 0 Å². The van der Waals surface area contributed by atoms with E-state index in [1.165, 1.54) is 0 Å². The summed E-state index contributed by atoms with van der Waals surface area (Å²) in [5.74, 6) is 1.54. The molecule has 2 rings (SSSR count). The molecule has 0 aliphatic carbocycles. The predicted molar refractivity (Wildman–Crippen MR) is 90.6 cm³/mol. The van der Waals surface area contributed by atoms with Crippen molar-refractivity contribution in [1.82, 2.24) is 0 Å². The zero-order valence-electron chi connectivity index (χ0n) is 13.7. The Kier molecular flexibility index (Phi) is 6.25. The van der Waals surface area contributed by atoms with Crippen LogP contribution in [0.4, 0.5) is 0 Å². The Morgan fingerprint density at radius 1 is 1.08 bits per heavy atom. The number of hydrogen-bond acceptors (Lipinski definition) is 5. The highest BCUT2D eigenvalue weighted by Gasteiger charge is 2.12. The molecule has 1 N–H and O–H groups in total. The van der Waals surface area contributed by atoms with Crippen molar-refractivity contribution in [3.8, 4) is 17.2 Å². The van der Waals surface area contributed by atoms with Crippen LogP contribution in [0.2, 0.25) is 0 Å². The van der Waals surface area contributed by atoms with Gasteiger partial charge in [-0.2, -0.15) is 0 Å². The Morgan fingerprint density at radius 2 is 1.79 bits per heavy atom. The number of aliphatic hydroxyl groups is 1. The standard InChI is InChI=1S/C19H20O5/c1-3-23-19(21)15(13-20)11-14-5-4-6-18(12-14)24-17-9-7-16(22-2)8-10-17/h4-10,12-13,20H,3,11H2,1-2H3/b15-13+. The van der Waals surface area contributed by atoms with Crippen LogP contribution in [-0.2, 0) is 16.0 Å². The lowest BCUT2D eigenvalue weighted by atomic mass is 10.1. The van der Waals surface area contributed by atoms with Gasteiger partial charge in [0.25, 0.3) is 0 Å². The molecule has 0 unspecified atom stereocenters. The normalized spacial score (nSPS) is 11.0. The van der Waals surface area contributed by atoms with Gasteiger partial charge < -0.3 is 19.3 Å². The third-order valence-corrected chi connectivity index (χ3v) is 3.28. The Hall–Kier alpha value is -2.95. The molecule has 5 nitrogen and oxygen atoms in total. The molecule has 0 aromatic heterocycles. The summed E-state index contributed by atoms with van der Waals surface area (Å²) in [7, 11) is 1.61. The average molecular weight is 328 g/mol. The molecule has 0 saturated carbocycles. The molecule has 0 bridgehead atoms. The van der Waals surface area contributed by atoms with Gasteiger partial charge in [-0.1, -0.05) is 12.1 Å². The van der Waals surface area contributed by atoms with Gasteiger partial charge in [0.2, 0.25) is 0 Å². The number of esters is 1.